The summed E-state index contributed by atoms with van der Waals surface area (Å²) in [4.78, 5) is 0. The van der Waals surface area contributed by atoms with Crippen molar-refractivity contribution in [2.45, 2.75) is 6.92 Å². The fourth-order valence-corrected chi connectivity index (χ4v) is 1.49. The molecule has 0 aliphatic heterocycles. The van der Waals surface area contributed by atoms with Gasteiger partial charge in [-0.25, -0.2) is 9.69 Å². The molecule has 2 aromatic rings. The van der Waals surface area contributed by atoms with Crippen molar-refractivity contribution in [2.75, 3.05) is 11.6 Å². The van der Waals surface area contributed by atoms with E-state index in [1.807, 2.05) is 65.7 Å². The Bertz CT molecular complexity index is 441. The summed E-state index contributed by atoms with van der Waals surface area (Å²) in [6.45, 7) is 2.78. The number of aromatic nitrogens is 2. The normalized spacial score (nSPS) is 11.7. The van der Waals surface area contributed by atoms with Gasteiger partial charge in [0, 0.05) is 31.3 Å². The summed E-state index contributed by atoms with van der Waals surface area (Å²) in [5, 5.41) is 6.14. The first-order valence-electron chi connectivity index (χ1n) is 5.19. The lowest BCUT2D eigenvalue weighted by Crippen LogP contribution is -2.44. The Hall–Kier alpha value is -2.17. The molecule has 0 spiro atoms. The highest BCUT2D eigenvalue weighted by atomic mass is 15.6. The molecule has 0 aromatic carbocycles. The summed E-state index contributed by atoms with van der Waals surface area (Å²) in [5.41, 5.74) is 5.95. The SMILES string of the molecule is CCN(/C(N)=N/n1cccc1)n1cccc1. The number of hydrogen-bond acceptors (Lipinski definition) is 1. The molecule has 84 valence electrons. The van der Waals surface area contributed by atoms with Crippen LogP contribution >= 0.6 is 0 Å². The Kier molecular flexibility index (Phi) is 2.95. The van der Waals surface area contributed by atoms with Gasteiger partial charge in [-0.3, -0.25) is 4.68 Å². The van der Waals surface area contributed by atoms with Crippen molar-refractivity contribution >= 4 is 5.96 Å². The molecule has 0 atom stereocenters. The van der Waals surface area contributed by atoms with Crippen molar-refractivity contribution in [2.24, 2.45) is 10.8 Å². The first kappa shape index (κ1) is 10.4. The predicted molar refractivity (Wildman–Crippen MR) is 64.6 cm³/mol. The van der Waals surface area contributed by atoms with Crippen LogP contribution in [0.15, 0.2) is 54.2 Å². The number of hydrogen-bond donors (Lipinski definition) is 1. The minimum absolute atomic E-state index is 0.454. The van der Waals surface area contributed by atoms with Crippen LogP contribution in [-0.2, 0) is 0 Å². The zero-order chi connectivity index (χ0) is 11.4. The van der Waals surface area contributed by atoms with Crippen LogP contribution in [0.25, 0.3) is 0 Å². The van der Waals surface area contributed by atoms with Crippen molar-refractivity contribution < 1.29 is 0 Å². The first-order chi connectivity index (χ1) is 7.81. The van der Waals surface area contributed by atoms with Gasteiger partial charge in [0.1, 0.15) is 0 Å². The highest BCUT2D eigenvalue weighted by Gasteiger charge is 2.06. The Morgan fingerprint density at radius 3 is 2.25 bits per heavy atom. The van der Waals surface area contributed by atoms with E-state index < -0.39 is 0 Å². The van der Waals surface area contributed by atoms with Crippen LogP contribution in [-0.4, -0.2) is 21.9 Å². The van der Waals surface area contributed by atoms with Crippen LogP contribution < -0.4 is 10.7 Å². The molecule has 2 N–H and O–H groups in total. The highest BCUT2D eigenvalue weighted by Crippen LogP contribution is 1.95. The lowest BCUT2D eigenvalue weighted by atomic mass is 10.7. The lowest BCUT2D eigenvalue weighted by molar-refractivity contribution is 0.721. The molecule has 0 radical (unpaired) electrons. The molecular formula is C11H15N5. The Balaban J connectivity index is 2.22. The topological polar surface area (TPSA) is 51.5 Å². The molecule has 0 fully saturated rings. The van der Waals surface area contributed by atoms with Crippen LogP contribution in [0.1, 0.15) is 6.92 Å². The van der Waals surface area contributed by atoms with E-state index >= 15 is 0 Å². The van der Waals surface area contributed by atoms with Crippen molar-refractivity contribution in [1.29, 1.82) is 0 Å². The summed E-state index contributed by atoms with van der Waals surface area (Å²) in [6.07, 6.45) is 7.55. The lowest BCUT2D eigenvalue weighted by Gasteiger charge is -2.22. The smallest absolute Gasteiger partial charge is 0.233 e. The van der Waals surface area contributed by atoms with Crippen molar-refractivity contribution in [3.05, 3.63) is 49.1 Å². The molecule has 0 aliphatic carbocycles. The van der Waals surface area contributed by atoms with E-state index in [0.29, 0.717) is 5.96 Å². The third-order valence-electron chi connectivity index (χ3n) is 2.24. The average molecular weight is 217 g/mol. The summed E-state index contributed by atoms with van der Waals surface area (Å²) < 4.78 is 3.59. The molecule has 0 aliphatic rings. The monoisotopic (exact) mass is 217 g/mol. The summed E-state index contributed by atoms with van der Waals surface area (Å²) in [5.74, 6) is 0.454. The van der Waals surface area contributed by atoms with Gasteiger partial charge in [0.15, 0.2) is 0 Å². The largest absolute Gasteiger partial charge is 0.367 e. The minimum atomic E-state index is 0.454. The average Bonchev–Trinajstić information content (AvgIpc) is 2.91. The number of guanidine groups is 1. The molecule has 2 aromatic heterocycles. The molecule has 0 bridgehead atoms. The van der Waals surface area contributed by atoms with Gasteiger partial charge >= 0.3 is 0 Å². The van der Waals surface area contributed by atoms with Crippen LogP contribution in [0.4, 0.5) is 0 Å². The molecule has 2 heterocycles. The maximum Gasteiger partial charge on any atom is 0.233 e. The minimum Gasteiger partial charge on any atom is -0.367 e. The second-order valence-corrected chi connectivity index (χ2v) is 3.30. The fraction of sp³-hybridized carbons (Fsp3) is 0.182. The molecule has 0 amide bonds. The zero-order valence-corrected chi connectivity index (χ0v) is 9.19. The van der Waals surface area contributed by atoms with E-state index in [2.05, 4.69) is 5.10 Å². The Labute approximate surface area is 94.4 Å². The summed E-state index contributed by atoms with van der Waals surface area (Å²) in [7, 11) is 0. The van der Waals surface area contributed by atoms with E-state index in [0.717, 1.165) is 6.54 Å². The molecule has 0 saturated heterocycles. The van der Waals surface area contributed by atoms with Crippen molar-refractivity contribution in [3.63, 3.8) is 0 Å². The molecular weight excluding hydrogens is 202 g/mol. The molecule has 5 heteroatoms. The van der Waals surface area contributed by atoms with Gasteiger partial charge in [-0.15, -0.1) is 5.10 Å². The van der Waals surface area contributed by atoms with Crippen molar-refractivity contribution in [1.82, 2.24) is 9.35 Å². The molecule has 5 nitrogen and oxygen atoms in total. The van der Waals surface area contributed by atoms with Gasteiger partial charge < -0.3 is 5.73 Å². The quantitative estimate of drug-likeness (QED) is 0.616. The Morgan fingerprint density at radius 2 is 1.69 bits per heavy atom. The molecule has 0 saturated carbocycles. The highest BCUT2D eigenvalue weighted by molar-refractivity contribution is 5.87. The van der Waals surface area contributed by atoms with Crippen LogP contribution in [0.2, 0.25) is 0 Å². The van der Waals surface area contributed by atoms with E-state index in [1.165, 1.54) is 0 Å². The predicted octanol–water partition coefficient (Wildman–Crippen LogP) is 1.03. The maximum absolute atomic E-state index is 5.95. The molecule has 2 rings (SSSR count). The van der Waals surface area contributed by atoms with E-state index in [9.17, 15) is 0 Å². The molecule has 0 unspecified atom stereocenters. The van der Waals surface area contributed by atoms with Crippen LogP contribution in [0.5, 0.6) is 0 Å². The second kappa shape index (κ2) is 4.57. The van der Waals surface area contributed by atoms with Crippen LogP contribution in [0.3, 0.4) is 0 Å². The van der Waals surface area contributed by atoms with Gasteiger partial charge in [-0.2, -0.15) is 0 Å². The van der Waals surface area contributed by atoms with E-state index in [4.69, 9.17) is 5.73 Å². The Morgan fingerprint density at radius 1 is 1.12 bits per heavy atom. The second-order valence-electron chi connectivity index (χ2n) is 3.30. The van der Waals surface area contributed by atoms with Gasteiger partial charge in [0.2, 0.25) is 5.96 Å². The third-order valence-corrected chi connectivity index (χ3v) is 2.24. The van der Waals surface area contributed by atoms with Gasteiger partial charge in [0.25, 0.3) is 0 Å². The van der Waals surface area contributed by atoms with Gasteiger partial charge in [-0.1, -0.05) is 0 Å². The van der Waals surface area contributed by atoms with E-state index in [1.54, 1.807) is 4.68 Å². The summed E-state index contributed by atoms with van der Waals surface area (Å²) >= 11 is 0. The first-order valence-corrected chi connectivity index (χ1v) is 5.19. The standard InChI is InChI=1S/C11H15N5/c1-2-16(15-9-5-6-10-15)11(12)13-14-7-3-4-8-14/h3-10H,2H2,1H3,(H2,12,13). The van der Waals surface area contributed by atoms with Gasteiger partial charge in [0.05, 0.1) is 0 Å². The van der Waals surface area contributed by atoms with Crippen LogP contribution in [0, 0.1) is 0 Å². The third kappa shape index (κ3) is 2.08. The zero-order valence-electron chi connectivity index (χ0n) is 9.19. The number of nitrogens with two attached hydrogens (primary N) is 1. The molecule has 16 heavy (non-hydrogen) atoms. The van der Waals surface area contributed by atoms with E-state index in [-0.39, 0.29) is 0 Å². The number of rotatable bonds is 3. The fourth-order valence-electron chi connectivity index (χ4n) is 1.49. The van der Waals surface area contributed by atoms with Crippen molar-refractivity contribution in [3.8, 4) is 0 Å². The summed E-state index contributed by atoms with van der Waals surface area (Å²) in [6, 6.07) is 7.71. The van der Waals surface area contributed by atoms with Gasteiger partial charge in [-0.05, 0) is 31.2 Å². The maximum atomic E-state index is 5.95. The number of nitrogens with zero attached hydrogens (tertiary/aromatic N) is 4.